The molecule has 38 heteroatoms. The first-order valence-corrected chi connectivity index (χ1v) is 49.9. The quantitative estimate of drug-likeness (QED) is 0.00429. The minimum Gasteiger partial charge on any atom is -0.552 e. The van der Waals surface area contributed by atoms with Crippen LogP contribution in [0.4, 0.5) is 26.3 Å². The van der Waals surface area contributed by atoms with Crippen LogP contribution in [0.3, 0.4) is 0 Å². The van der Waals surface area contributed by atoms with Crippen LogP contribution in [0, 0.1) is 12.5 Å². The van der Waals surface area contributed by atoms with Crippen LogP contribution >= 0.6 is 21.4 Å². The number of phenolic OH excluding ortho intramolecular Hbond substituents is 3. The number of aromatic hydroxyl groups is 3. The standard InChI is InChI=1S/C20H20O3.C15H18O2.2C13H16O.C10H16O2.C9H14O3.C7H6O3.C6H7BO2.C4H7O.C2F6O5S2.Al.Cl2OS.Li.3H/c21-13-18-19(22)11-6-12-20(18)23-14-16-9-4-5-10-17(16)15-7-2-1-3-8-15;1-2-17-15(16)14-11-7-6-10-13(14)12-8-4-3-5-9-12;2*14-10-12-8-4-5-9-13(12)11-6-2-1-3-7-11;1-3-12-10(11)9-7-5-4-6-8(9)2;1-2-12-9(11)7-5-3-4-6-8(7)10;8-4-5-6(9)2-1-3-7(5)10;8-7(9)6-4-2-1-3-5-6;1-2-4-5-3-1;3-1(4,5)14(9,10)13-15(11,12)2(6,7)8;;1-4(2)3;;;;/h1-3,6-8,11-13,22H,4-5,9-10,14H2;3-5,8-9H,2,6-7,10-11H2,1H3;2*1-3,6-7,14H,4-5,8-10H2;3-7H2,1-2H3;7H,2-6H2,1H3;1-4,9-10H;1-5,8-9H;3H,1-2,4H2;;;;;;;/q;;;;;;;;-1;;;;+1;;;. The van der Waals surface area contributed by atoms with Crippen LogP contribution in [-0.2, 0) is 71.2 Å². The zero-order valence-corrected chi connectivity index (χ0v) is 80.9. The van der Waals surface area contributed by atoms with E-state index in [9.17, 15) is 87.3 Å². The second-order valence-electron chi connectivity index (χ2n) is 30.7. The van der Waals surface area contributed by atoms with E-state index in [0.29, 0.717) is 63.1 Å². The van der Waals surface area contributed by atoms with Crippen molar-refractivity contribution in [2.75, 3.05) is 46.2 Å². The largest absolute Gasteiger partial charge is 1.00 e. The van der Waals surface area contributed by atoms with E-state index < -0.39 is 53.5 Å². The van der Waals surface area contributed by atoms with Gasteiger partial charge in [-0.2, -0.15) is 49.6 Å². The molecule has 0 spiro atoms. The van der Waals surface area contributed by atoms with Crippen LogP contribution in [0.5, 0.6) is 23.0 Å². The molecule has 0 bridgehead atoms. The minimum absolute atomic E-state index is 0. The summed E-state index contributed by atoms with van der Waals surface area (Å²) in [6.45, 7) is 12.5. The fourth-order valence-electron chi connectivity index (χ4n) is 14.5. The third kappa shape index (κ3) is 45.9. The molecular weight excluding hydrogens is 1900 g/mol. The summed E-state index contributed by atoms with van der Waals surface area (Å²) in [5.74, 6) is -0.977. The fourth-order valence-corrected chi connectivity index (χ4v) is 16.1. The number of halogens is 8. The molecule has 24 nitrogen and oxygen atoms in total. The Morgan fingerprint density at radius 2 is 0.832 bits per heavy atom. The normalized spacial score (nSPS) is 15.7. The number of aldehydes is 2. The first-order chi connectivity index (χ1) is 64.5. The summed E-state index contributed by atoms with van der Waals surface area (Å²) >= 11 is 0. The number of carbonyl (C=O) groups excluding carboxylic acids is 6. The second kappa shape index (κ2) is 68.2. The van der Waals surface area contributed by atoms with E-state index >= 15 is 0 Å². The Bertz CT molecular complexity index is 5090. The van der Waals surface area contributed by atoms with Crippen molar-refractivity contribution in [2.24, 2.45) is 5.92 Å². The molecule has 7 N–H and O–H groups in total. The molecule has 7 aromatic rings. The molecule has 1 unspecified atom stereocenters. The molecule has 0 radical (unpaired) electrons. The summed E-state index contributed by atoms with van der Waals surface area (Å²) < 4.78 is 145. The van der Waals surface area contributed by atoms with Crippen molar-refractivity contribution in [3.8, 4) is 23.0 Å². The van der Waals surface area contributed by atoms with E-state index in [-0.39, 0.29) is 102 Å². The van der Waals surface area contributed by atoms with Crippen LogP contribution in [0.15, 0.2) is 221 Å². The molecule has 0 aromatic heterocycles. The average Bonchev–Trinajstić information content (AvgIpc) is 1.51. The van der Waals surface area contributed by atoms with Gasteiger partial charge in [-0.3, -0.25) is 19.2 Å². The molecule has 2 fully saturated rings. The van der Waals surface area contributed by atoms with Crippen molar-refractivity contribution >= 4 is 139 Å². The summed E-state index contributed by atoms with van der Waals surface area (Å²) in [7, 11) is -7.68. The third-order valence-corrected chi connectivity index (χ3v) is 23.9. The van der Waals surface area contributed by atoms with Gasteiger partial charge in [0.25, 0.3) is 0 Å². The number of carbonyl (C=O) groups is 6. The minimum atomic E-state index is -6.85. The van der Waals surface area contributed by atoms with Gasteiger partial charge in [0, 0.05) is 45.5 Å². The Balaban J connectivity index is 0.000000520. The molecule has 1 atom stereocenters. The van der Waals surface area contributed by atoms with Gasteiger partial charge in [0.15, 0.2) is 29.9 Å². The molecule has 1 heterocycles. The van der Waals surface area contributed by atoms with E-state index in [0.717, 1.165) is 132 Å². The van der Waals surface area contributed by atoms with Crippen molar-refractivity contribution in [1.29, 1.82) is 0 Å². The first-order valence-electron chi connectivity index (χ1n) is 44.2. The van der Waals surface area contributed by atoms with Gasteiger partial charge in [-0.25, -0.2) is 20.4 Å². The van der Waals surface area contributed by atoms with Crippen LogP contribution < -0.4 is 29.1 Å². The van der Waals surface area contributed by atoms with Crippen LogP contribution in [0.1, 0.15) is 238 Å². The Morgan fingerprint density at radius 3 is 1.18 bits per heavy atom. The zero-order chi connectivity index (χ0) is 99.8. The van der Waals surface area contributed by atoms with Gasteiger partial charge < -0.3 is 59.3 Å². The van der Waals surface area contributed by atoms with E-state index in [1.165, 1.54) is 130 Å². The number of rotatable bonds is 20. The monoisotopic (exact) mass is 2020 g/mol. The molecule has 14 rings (SSSR count). The smallest absolute Gasteiger partial charge is 0.552 e. The van der Waals surface area contributed by atoms with Gasteiger partial charge in [-0.1, -0.05) is 182 Å². The topological polar surface area (TPSA) is 385 Å². The molecule has 744 valence electrons. The Kier molecular flexibility index (Phi) is 61.7. The average molecular weight is 2020 g/mol. The summed E-state index contributed by atoms with van der Waals surface area (Å²) in [5, 5.41) is 63.2. The first kappa shape index (κ1) is 124. The van der Waals surface area contributed by atoms with E-state index in [1.807, 2.05) is 73.5 Å². The van der Waals surface area contributed by atoms with Gasteiger partial charge in [0.2, 0.25) is 9.23 Å². The second-order valence-corrected chi connectivity index (χ2v) is 36.5. The number of esters is 3. The SMILES string of the molecule is CCOC(=O)C1=C(C)CCCC1.CCOC(=O)C1=C(c2ccccc2)CCCC1.CCOC(=O)C1CCCCC1=O.O=Cc1c(O)cccc1O.O=Cc1c(O)cccc1OCC1=C(c2ccccc2)CCCC1.O=S(=O)(OS(=O)(=O)C(F)(F)F)C(F)(F)F.O=S(Cl)Cl.OB(O)c1ccccc1.OCC1=C(c2ccccc2)CCCC1.OCC1=C(c2ccccc2)CCCC1.[AlH3].[CH-]1CCCO1.[Li+]. The molecule has 7 aliphatic rings. The predicted molar refractivity (Wildman–Crippen MR) is 520 cm³/mol. The number of Topliss-reactive ketones (excluding diaryl/α,β-unsaturated/α-hetero) is 1. The number of aliphatic hydroxyl groups excluding tert-OH is 2. The Morgan fingerprint density at radius 1 is 0.482 bits per heavy atom. The fraction of sp³-hybridized carbons (Fsp3) is 0.404. The van der Waals surface area contributed by atoms with Gasteiger partial charge in [0.05, 0.1) is 44.2 Å². The van der Waals surface area contributed by atoms with Gasteiger partial charge in [0.1, 0.15) is 41.3 Å². The Hall–Kier alpha value is -8.98. The van der Waals surface area contributed by atoms with Crippen molar-refractivity contribution in [1.82, 2.24) is 0 Å². The number of allylic oxidation sites excluding steroid dienone is 5. The molecule has 1 saturated carbocycles. The number of aliphatic hydroxyl groups is 2. The van der Waals surface area contributed by atoms with E-state index in [4.69, 9.17) is 48.2 Å². The maximum Gasteiger partial charge on any atom is 1.00 e. The van der Waals surface area contributed by atoms with E-state index in [1.54, 1.807) is 43.3 Å². The zero-order valence-electron chi connectivity index (χ0n) is 76.9. The number of ether oxygens (including phenoxy) is 5. The van der Waals surface area contributed by atoms with Gasteiger partial charge >= 0.3 is 75.1 Å². The van der Waals surface area contributed by atoms with E-state index in [2.05, 4.69) is 106 Å². The number of alkyl halides is 6. The van der Waals surface area contributed by atoms with Crippen LogP contribution in [0.2, 0.25) is 0 Å². The number of ketones is 1. The molecular formula is C99H123AlBCl2F6LiO24S3. The Labute approximate surface area is 833 Å². The molecule has 0 amide bonds. The number of hydrogen-bond acceptors (Lipinski definition) is 24. The third-order valence-electron chi connectivity index (χ3n) is 21.3. The van der Waals surface area contributed by atoms with Gasteiger partial charge in [-0.15, -0.1) is 3.63 Å². The maximum absolute atomic E-state index is 11.9. The van der Waals surface area contributed by atoms with Crippen LogP contribution in [-0.4, -0.2) is 175 Å². The van der Waals surface area contributed by atoms with Crippen molar-refractivity contribution in [3.05, 3.63) is 261 Å². The predicted octanol–water partition coefficient (Wildman–Crippen LogP) is 16.8. The van der Waals surface area contributed by atoms with Crippen molar-refractivity contribution < 1.29 is 158 Å². The molecule has 1 saturated heterocycles. The molecule has 6 aliphatic carbocycles. The van der Waals surface area contributed by atoms with Crippen molar-refractivity contribution in [2.45, 2.75) is 206 Å². The maximum atomic E-state index is 11.9. The molecule has 1 aliphatic heterocycles. The summed E-state index contributed by atoms with van der Waals surface area (Å²) in [4.78, 5) is 66.9. The number of hydrogen-bond donors (Lipinski definition) is 7. The summed E-state index contributed by atoms with van der Waals surface area (Å²) in [6.07, 6.45) is 28.7. The number of phenols is 3. The van der Waals surface area contributed by atoms with Crippen LogP contribution in [0.25, 0.3) is 22.3 Å². The molecule has 137 heavy (non-hydrogen) atoms. The van der Waals surface area contributed by atoms with Crippen molar-refractivity contribution in [3.63, 3.8) is 0 Å². The summed E-state index contributed by atoms with van der Waals surface area (Å²) in [6, 6.07) is 59.1. The summed E-state index contributed by atoms with van der Waals surface area (Å²) in [5.41, 5.74) is 5.19. The van der Waals surface area contributed by atoms with Gasteiger partial charge in [-0.05, 0) is 260 Å². The molecule has 7 aromatic carbocycles. The number of benzene rings is 7.